The molecule has 2 aromatic rings. The first kappa shape index (κ1) is 19.1. The zero-order valence-corrected chi connectivity index (χ0v) is 15.9. The summed E-state index contributed by atoms with van der Waals surface area (Å²) in [5.74, 6) is 1.85. The number of benzene rings is 1. The topological polar surface area (TPSA) is 49.1 Å². The predicted octanol–water partition coefficient (Wildman–Crippen LogP) is 2.80. The van der Waals surface area contributed by atoms with E-state index in [0.29, 0.717) is 12.6 Å². The highest BCUT2D eigenvalue weighted by atomic mass is 16.5. The van der Waals surface area contributed by atoms with Gasteiger partial charge in [0.25, 0.3) is 0 Å². The van der Waals surface area contributed by atoms with Crippen LogP contribution in [-0.2, 0) is 24.4 Å². The van der Waals surface area contributed by atoms with Gasteiger partial charge in [-0.15, -0.1) is 0 Å². The van der Waals surface area contributed by atoms with Crippen LogP contribution in [-0.4, -0.2) is 54.3 Å². The molecule has 5 nitrogen and oxygen atoms in total. The monoisotopic (exact) mass is 358 g/mol. The number of aryl methyl sites for hydroxylation is 1. The van der Waals surface area contributed by atoms with E-state index in [1.165, 1.54) is 11.1 Å². The van der Waals surface area contributed by atoms with E-state index in [2.05, 4.69) is 41.0 Å². The molecular formula is C21H30N2O3. The van der Waals surface area contributed by atoms with Crippen LogP contribution < -0.4 is 0 Å². The van der Waals surface area contributed by atoms with Gasteiger partial charge in [0.1, 0.15) is 18.1 Å². The molecule has 0 bridgehead atoms. The Balaban J connectivity index is 1.58. The highest BCUT2D eigenvalue weighted by Gasteiger charge is 2.27. The standard InChI is InChI=1S/C21H30N2O3/c1-17-3-5-18(6-4-17)13-23-11-10-22(14-19(23)9-12-24)15-20-7-8-21(26-20)16-25-2/h3-8,19,24H,9-16H2,1-2H3. The van der Waals surface area contributed by atoms with Crippen LogP contribution in [0, 0.1) is 6.92 Å². The summed E-state index contributed by atoms with van der Waals surface area (Å²) in [6.07, 6.45) is 0.801. The summed E-state index contributed by atoms with van der Waals surface area (Å²) in [5.41, 5.74) is 2.62. The molecule has 1 aromatic carbocycles. The fourth-order valence-electron chi connectivity index (χ4n) is 3.61. The molecule has 1 aliphatic heterocycles. The third-order valence-electron chi connectivity index (χ3n) is 5.04. The van der Waals surface area contributed by atoms with Crippen molar-refractivity contribution in [2.45, 2.75) is 39.1 Å². The molecule has 1 N–H and O–H groups in total. The number of rotatable bonds is 8. The summed E-state index contributed by atoms with van der Waals surface area (Å²) in [5, 5.41) is 9.50. The molecular weight excluding hydrogens is 328 g/mol. The van der Waals surface area contributed by atoms with Crippen molar-refractivity contribution < 1.29 is 14.3 Å². The summed E-state index contributed by atoms with van der Waals surface area (Å²) < 4.78 is 10.9. The molecule has 0 aliphatic carbocycles. The minimum Gasteiger partial charge on any atom is -0.462 e. The highest BCUT2D eigenvalue weighted by Crippen LogP contribution is 2.19. The van der Waals surface area contributed by atoms with Crippen molar-refractivity contribution in [3.05, 3.63) is 59.0 Å². The number of methoxy groups -OCH3 is 1. The summed E-state index contributed by atoms with van der Waals surface area (Å²) in [6, 6.07) is 13.1. The Morgan fingerprint density at radius 1 is 1.08 bits per heavy atom. The molecule has 26 heavy (non-hydrogen) atoms. The Labute approximate surface area is 156 Å². The summed E-state index contributed by atoms with van der Waals surface area (Å²) in [6.45, 7) is 7.56. The Bertz CT molecular complexity index is 668. The molecule has 1 aromatic heterocycles. The average molecular weight is 358 g/mol. The lowest BCUT2D eigenvalue weighted by atomic mass is 10.1. The second kappa shape index (κ2) is 9.33. The quantitative estimate of drug-likeness (QED) is 0.786. The van der Waals surface area contributed by atoms with Crippen LogP contribution >= 0.6 is 0 Å². The molecule has 142 valence electrons. The second-order valence-corrected chi connectivity index (χ2v) is 7.16. The number of ether oxygens (including phenoxy) is 1. The largest absolute Gasteiger partial charge is 0.462 e. The summed E-state index contributed by atoms with van der Waals surface area (Å²) in [7, 11) is 1.68. The summed E-state index contributed by atoms with van der Waals surface area (Å²) >= 11 is 0. The zero-order valence-electron chi connectivity index (χ0n) is 15.9. The van der Waals surface area contributed by atoms with Crippen LogP contribution in [0.3, 0.4) is 0 Å². The molecule has 0 spiro atoms. The minimum absolute atomic E-state index is 0.224. The molecule has 1 atom stereocenters. The predicted molar refractivity (Wildman–Crippen MR) is 102 cm³/mol. The Hall–Kier alpha value is -1.66. The van der Waals surface area contributed by atoms with Crippen molar-refractivity contribution >= 4 is 0 Å². The molecule has 3 rings (SSSR count). The normalized spacial score (nSPS) is 19.1. The highest BCUT2D eigenvalue weighted by molar-refractivity contribution is 5.21. The first-order valence-corrected chi connectivity index (χ1v) is 9.37. The van der Waals surface area contributed by atoms with Crippen LogP contribution in [0.1, 0.15) is 29.1 Å². The van der Waals surface area contributed by atoms with Crippen LogP contribution in [0.5, 0.6) is 0 Å². The van der Waals surface area contributed by atoms with Crippen molar-refractivity contribution in [1.29, 1.82) is 0 Å². The van der Waals surface area contributed by atoms with E-state index in [-0.39, 0.29) is 6.61 Å². The van der Waals surface area contributed by atoms with Gasteiger partial charge < -0.3 is 14.3 Å². The van der Waals surface area contributed by atoms with E-state index in [4.69, 9.17) is 9.15 Å². The molecule has 1 saturated heterocycles. The van der Waals surface area contributed by atoms with E-state index in [9.17, 15) is 5.11 Å². The lowest BCUT2D eigenvalue weighted by Gasteiger charge is -2.41. The maximum atomic E-state index is 9.50. The number of hydrogen-bond donors (Lipinski definition) is 1. The van der Waals surface area contributed by atoms with Gasteiger partial charge in [0.15, 0.2) is 0 Å². The van der Waals surface area contributed by atoms with E-state index >= 15 is 0 Å². The maximum absolute atomic E-state index is 9.50. The number of piperazine rings is 1. The van der Waals surface area contributed by atoms with Gasteiger partial charge in [-0.2, -0.15) is 0 Å². The third kappa shape index (κ3) is 5.17. The van der Waals surface area contributed by atoms with E-state index in [1.807, 2.05) is 12.1 Å². The molecule has 2 heterocycles. The van der Waals surface area contributed by atoms with Crippen LogP contribution in [0.2, 0.25) is 0 Å². The lowest BCUT2D eigenvalue weighted by Crippen LogP contribution is -2.52. The first-order chi connectivity index (χ1) is 12.7. The SMILES string of the molecule is COCc1ccc(CN2CCN(Cc3ccc(C)cc3)C(CCO)C2)o1. The lowest BCUT2D eigenvalue weighted by molar-refractivity contribution is 0.0462. The van der Waals surface area contributed by atoms with Gasteiger partial charge in [-0.25, -0.2) is 0 Å². The van der Waals surface area contributed by atoms with Crippen molar-refractivity contribution in [3.63, 3.8) is 0 Å². The van der Waals surface area contributed by atoms with Gasteiger partial charge in [0, 0.05) is 45.9 Å². The minimum atomic E-state index is 0.224. The summed E-state index contributed by atoms with van der Waals surface area (Å²) in [4.78, 5) is 4.91. The van der Waals surface area contributed by atoms with Gasteiger partial charge in [0.05, 0.1) is 6.54 Å². The number of hydrogen-bond acceptors (Lipinski definition) is 5. The number of aliphatic hydroxyl groups excluding tert-OH is 1. The van der Waals surface area contributed by atoms with Crippen LogP contribution in [0.4, 0.5) is 0 Å². The smallest absolute Gasteiger partial charge is 0.129 e. The van der Waals surface area contributed by atoms with Gasteiger partial charge in [-0.1, -0.05) is 29.8 Å². The van der Waals surface area contributed by atoms with Crippen LogP contribution in [0.15, 0.2) is 40.8 Å². The molecule has 1 unspecified atom stereocenters. The van der Waals surface area contributed by atoms with Gasteiger partial charge in [-0.05, 0) is 31.0 Å². The molecule has 0 amide bonds. The Morgan fingerprint density at radius 3 is 2.58 bits per heavy atom. The fraction of sp³-hybridized carbons (Fsp3) is 0.524. The Kier molecular flexibility index (Phi) is 6.86. The van der Waals surface area contributed by atoms with E-state index in [1.54, 1.807) is 7.11 Å². The molecule has 0 radical (unpaired) electrons. The average Bonchev–Trinajstić information content (AvgIpc) is 3.07. The number of furan rings is 1. The van der Waals surface area contributed by atoms with Gasteiger partial charge >= 0.3 is 0 Å². The fourth-order valence-corrected chi connectivity index (χ4v) is 3.61. The molecule has 0 saturated carbocycles. The van der Waals surface area contributed by atoms with Crippen molar-refractivity contribution in [1.82, 2.24) is 9.80 Å². The number of aliphatic hydroxyl groups is 1. The van der Waals surface area contributed by atoms with E-state index < -0.39 is 0 Å². The second-order valence-electron chi connectivity index (χ2n) is 7.16. The maximum Gasteiger partial charge on any atom is 0.129 e. The van der Waals surface area contributed by atoms with E-state index in [0.717, 1.165) is 50.7 Å². The van der Waals surface area contributed by atoms with Crippen molar-refractivity contribution in [3.8, 4) is 0 Å². The van der Waals surface area contributed by atoms with Crippen molar-refractivity contribution in [2.24, 2.45) is 0 Å². The molecule has 1 fully saturated rings. The molecule has 5 heteroatoms. The third-order valence-corrected chi connectivity index (χ3v) is 5.04. The molecule has 1 aliphatic rings. The number of nitrogens with zero attached hydrogens (tertiary/aromatic N) is 2. The van der Waals surface area contributed by atoms with Crippen LogP contribution in [0.25, 0.3) is 0 Å². The first-order valence-electron chi connectivity index (χ1n) is 9.37. The van der Waals surface area contributed by atoms with Gasteiger partial charge in [0.2, 0.25) is 0 Å². The van der Waals surface area contributed by atoms with Gasteiger partial charge in [-0.3, -0.25) is 9.80 Å². The zero-order chi connectivity index (χ0) is 18.4. The van der Waals surface area contributed by atoms with Crippen molar-refractivity contribution in [2.75, 3.05) is 33.4 Å². The Morgan fingerprint density at radius 2 is 1.85 bits per heavy atom.